The molecule has 0 saturated carbocycles. The highest BCUT2D eigenvalue weighted by atomic mass is 32.1. The number of rotatable bonds is 4. The number of hydrogen-bond donors (Lipinski definition) is 1. The van der Waals surface area contributed by atoms with Crippen molar-refractivity contribution in [1.82, 2.24) is 24.8 Å². The summed E-state index contributed by atoms with van der Waals surface area (Å²) in [4.78, 5) is 19.3. The van der Waals surface area contributed by atoms with Crippen molar-refractivity contribution in [1.29, 1.82) is 5.26 Å². The SMILES string of the molecule is [2H]C([2H])([2H])C([2H])([2H])N1CCN([C@H]2CCN(c3ncc4c5c(c(-c6ncc(F)c7sc(N)c(C#N)c67)c(F)c4n3)COC5)[C@H]2C)CC1. The van der Waals surface area contributed by atoms with Crippen molar-refractivity contribution >= 4 is 43.3 Å². The largest absolute Gasteiger partial charge is 0.389 e. The number of ether oxygens (including phenoxy) is 1. The Bertz CT molecular complexity index is 1920. The second kappa shape index (κ2) is 10.1. The fraction of sp³-hybridized carbons (Fsp3) is 0.448. The van der Waals surface area contributed by atoms with Crippen LogP contribution in [0.2, 0.25) is 0 Å². The minimum atomic E-state index is -2.74. The number of hydrogen-bond acceptors (Lipinski definition) is 10. The number of nitrogens with zero attached hydrogens (tertiary/aromatic N) is 7. The first-order valence-electron chi connectivity index (χ1n) is 15.9. The highest BCUT2D eigenvalue weighted by Gasteiger charge is 2.38. The standard InChI is InChI=1S/C29H30F2N8OS/c1-3-37-6-8-38(9-7-37)21-4-5-39(15(21)2)29-35-11-17-18-13-40-14-19(18)22(24(31)25(17)36-29)26-23-16(10-32)28(33)41-27(23)20(30)12-34-26/h11-12,15,21H,3-9,13-14,33H2,1-2H3/t15-,21-/m0/s1/i1D3,3D2. The van der Waals surface area contributed by atoms with Crippen LogP contribution in [0, 0.1) is 23.0 Å². The third-order valence-corrected chi connectivity index (χ3v) is 9.67. The molecule has 3 aromatic heterocycles. The maximum atomic E-state index is 16.7. The third-order valence-electron chi connectivity index (χ3n) is 8.64. The summed E-state index contributed by atoms with van der Waals surface area (Å²) in [7, 11) is 0. The van der Waals surface area contributed by atoms with Gasteiger partial charge in [-0.25, -0.2) is 18.7 Å². The molecule has 3 aliphatic rings. The van der Waals surface area contributed by atoms with E-state index in [9.17, 15) is 9.65 Å². The van der Waals surface area contributed by atoms with Crippen LogP contribution in [0.3, 0.4) is 0 Å². The van der Waals surface area contributed by atoms with Crippen molar-refractivity contribution in [2.24, 2.45) is 0 Å². The molecule has 0 spiro atoms. The lowest BCUT2D eigenvalue weighted by molar-refractivity contribution is 0.0969. The number of likely N-dealkylation sites (N-methyl/N-ethyl adjacent to an activating group) is 1. The predicted molar refractivity (Wildman–Crippen MR) is 155 cm³/mol. The van der Waals surface area contributed by atoms with E-state index in [4.69, 9.17) is 22.3 Å². The van der Waals surface area contributed by atoms with E-state index in [1.165, 1.54) is 4.90 Å². The number of thiophene rings is 1. The van der Waals surface area contributed by atoms with E-state index in [0.29, 0.717) is 42.1 Å². The zero-order chi connectivity index (χ0) is 32.7. The summed E-state index contributed by atoms with van der Waals surface area (Å²) in [5.74, 6) is -0.969. The molecule has 212 valence electrons. The van der Waals surface area contributed by atoms with E-state index < -0.39 is 25.0 Å². The lowest BCUT2D eigenvalue weighted by atomic mass is 9.94. The highest BCUT2D eigenvalue weighted by Crippen LogP contribution is 2.45. The van der Waals surface area contributed by atoms with Gasteiger partial charge in [-0.3, -0.25) is 9.88 Å². The summed E-state index contributed by atoms with van der Waals surface area (Å²) < 4.78 is 76.4. The molecule has 12 heteroatoms. The number of anilines is 2. The van der Waals surface area contributed by atoms with Gasteiger partial charge in [-0.15, -0.1) is 11.3 Å². The Labute approximate surface area is 247 Å². The van der Waals surface area contributed by atoms with Gasteiger partial charge in [0.15, 0.2) is 11.6 Å². The fourth-order valence-corrected chi connectivity index (χ4v) is 7.46. The first-order valence-corrected chi connectivity index (χ1v) is 14.3. The third kappa shape index (κ3) is 4.06. The van der Waals surface area contributed by atoms with Gasteiger partial charge in [-0.2, -0.15) is 5.26 Å². The quantitative estimate of drug-likeness (QED) is 0.378. The average Bonchev–Trinajstić information content (AvgIpc) is 3.74. The van der Waals surface area contributed by atoms with Crippen molar-refractivity contribution in [3.63, 3.8) is 0 Å². The number of piperazine rings is 1. The molecule has 2 saturated heterocycles. The van der Waals surface area contributed by atoms with E-state index in [0.717, 1.165) is 24.0 Å². The van der Waals surface area contributed by atoms with Crippen LogP contribution in [0.4, 0.5) is 19.7 Å². The number of halogens is 2. The summed E-state index contributed by atoms with van der Waals surface area (Å²) >= 11 is 0.919. The number of aromatic nitrogens is 3. The summed E-state index contributed by atoms with van der Waals surface area (Å²) in [6, 6.07) is 2.04. The van der Waals surface area contributed by atoms with Crippen molar-refractivity contribution in [3.8, 4) is 17.3 Å². The Morgan fingerprint density at radius 2 is 2.00 bits per heavy atom. The molecule has 7 rings (SSSR count). The summed E-state index contributed by atoms with van der Waals surface area (Å²) in [6.07, 6.45) is 3.38. The number of nitriles is 1. The van der Waals surface area contributed by atoms with Crippen LogP contribution in [-0.2, 0) is 18.0 Å². The van der Waals surface area contributed by atoms with Crippen molar-refractivity contribution in [3.05, 3.63) is 40.7 Å². The average molecular weight is 582 g/mol. The maximum Gasteiger partial charge on any atom is 0.226 e. The smallest absolute Gasteiger partial charge is 0.226 e. The normalized spacial score (nSPS) is 24.1. The van der Waals surface area contributed by atoms with Gasteiger partial charge in [0.1, 0.15) is 16.6 Å². The molecule has 2 N–H and O–H groups in total. The van der Waals surface area contributed by atoms with Gasteiger partial charge in [-0.1, -0.05) is 6.85 Å². The maximum absolute atomic E-state index is 16.7. The Balaban J connectivity index is 1.23. The van der Waals surface area contributed by atoms with Crippen LogP contribution in [-0.4, -0.2) is 76.1 Å². The minimum Gasteiger partial charge on any atom is -0.389 e. The fourth-order valence-electron chi connectivity index (χ4n) is 6.54. The zero-order valence-electron chi connectivity index (χ0n) is 27.2. The van der Waals surface area contributed by atoms with Crippen LogP contribution in [0.15, 0.2) is 12.4 Å². The van der Waals surface area contributed by atoms with Crippen LogP contribution < -0.4 is 10.6 Å². The number of nitrogen functional groups attached to an aromatic ring is 1. The first kappa shape index (κ1) is 21.2. The molecule has 0 aliphatic carbocycles. The topological polar surface area (TPSA) is 107 Å². The van der Waals surface area contributed by atoms with Crippen molar-refractivity contribution < 1.29 is 20.4 Å². The van der Waals surface area contributed by atoms with Gasteiger partial charge in [-0.05, 0) is 31.0 Å². The van der Waals surface area contributed by atoms with Gasteiger partial charge < -0.3 is 20.3 Å². The summed E-state index contributed by atoms with van der Waals surface area (Å²) in [5, 5.41) is 10.6. The Kier molecular flexibility index (Phi) is 5.23. The van der Waals surface area contributed by atoms with Crippen LogP contribution in [0.5, 0.6) is 0 Å². The molecule has 3 aliphatic heterocycles. The summed E-state index contributed by atoms with van der Waals surface area (Å²) in [5.41, 5.74) is 7.63. The molecule has 0 unspecified atom stereocenters. The van der Waals surface area contributed by atoms with Crippen molar-refractivity contribution in [2.45, 2.75) is 45.5 Å². The zero-order valence-corrected chi connectivity index (χ0v) is 23.1. The lowest BCUT2D eigenvalue weighted by Crippen LogP contribution is -2.53. The molecule has 6 heterocycles. The summed E-state index contributed by atoms with van der Waals surface area (Å²) in [6.45, 7) is -0.583. The van der Waals surface area contributed by atoms with Crippen LogP contribution in [0.1, 0.15) is 43.7 Å². The molecular formula is C29H30F2N8OS. The first-order chi connectivity index (χ1) is 21.8. The molecule has 4 aromatic rings. The molecular weight excluding hydrogens is 546 g/mol. The Hall–Kier alpha value is -3.50. The lowest BCUT2D eigenvalue weighted by Gasteiger charge is -2.39. The molecule has 0 radical (unpaired) electrons. The monoisotopic (exact) mass is 581 g/mol. The van der Waals surface area contributed by atoms with Gasteiger partial charge in [0, 0.05) is 74.2 Å². The second-order valence-electron chi connectivity index (χ2n) is 10.6. The van der Waals surface area contributed by atoms with Crippen molar-refractivity contribution in [2.75, 3.05) is 49.9 Å². The van der Waals surface area contributed by atoms with E-state index in [1.54, 1.807) is 6.20 Å². The van der Waals surface area contributed by atoms with Crippen LogP contribution >= 0.6 is 11.3 Å². The molecule has 0 amide bonds. The molecule has 0 bridgehead atoms. The number of nitrogens with two attached hydrogens (primary N) is 1. The molecule has 1 aromatic carbocycles. The molecule has 41 heavy (non-hydrogen) atoms. The van der Waals surface area contributed by atoms with Gasteiger partial charge in [0.05, 0.1) is 35.4 Å². The Morgan fingerprint density at radius 1 is 1.20 bits per heavy atom. The second-order valence-corrected chi connectivity index (χ2v) is 11.7. The van der Waals surface area contributed by atoms with Gasteiger partial charge in [0.2, 0.25) is 5.95 Å². The molecule has 2 atom stereocenters. The van der Waals surface area contributed by atoms with E-state index >= 15 is 4.39 Å². The van der Waals surface area contributed by atoms with Gasteiger partial charge >= 0.3 is 0 Å². The van der Waals surface area contributed by atoms with Gasteiger partial charge in [0.25, 0.3) is 0 Å². The van der Waals surface area contributed by atoms with Crippen LogP contribution in [0.25, 0.3) is 32.2 Å². The number of pyridine rings is 1. The van der Waals surface area contributed by atoms with E-state index in [-0.39, 0.29) is 75.8 Å². The highest BCUT2D eigenvalue weighted by molar-refractivity contribution is 7.23. The number of benzene rings is 1. The minimum absolute atomic E-state index is 0.0462. The molecule has 9 nitrogen and oxygen atoms in total. The Morgan fingerprint density at radius 3 is 2.78 bits per heavy atom. The predicted octanol–water partition coefficient (Wildman–Crippen LogP) is 4.27. The molecule has 2 fully saturated rings. The number of fused-ring (bicyclic) bond motifs is 4. The van der Waals surface area contributed by atoms with E-state index in [2.05, 4.69) is 14.9 Å². The van der Waals surface area contributed by atoms with E-state index in [1.807, 2.05) is 17.9 Å².